The summed E-state index contributed by atoms with van der Waals surface area (Å²) in [6.45, 7) is 1.48. The Morgan fingerprint density at radius 3 is 2.71 bits per heavy atom. The van der Waals surface area contributed by atoms with Crippen molar-refractivity contribution in [3.8, 4) is 5.75 Å². The molecule has 2 N–H and O–H groups in total. The maximum atomic E-state index is 11.6. The fourth-order valence-electron chi connectivity index (χ4n) is 2.40. The lowest BCUT2D eigenvalue weighted by atomic mass is 9.73. The maximum absolute atomic E-state index is 11.6. The minimum Gasteiger partial charge on any atom is -0.497 e. The molecule has 92 valence electrons. The second kappa shape index (κ2) is 4.75. The van der Waals surface area contributed by atoms with Gasteiger partial charge >= 0.3 is 5.97 Å². The summed E-state index contributed by atoms with van der Waals surface area (Å²) in [7, 11) is 1.59. The Balaban J connectivity index is 2.41. The molecule has 0 amide bonds. The molecule has 0 spiro atoms. The highest BCUT2D eigenvalue weighted by molar-refractivity contribution is 5.81. The fraction of sp³-hybridized carbons (Fsp3) is 0.462. The molecule has 0 aliphatic carbocycles. The van der Waals surface area contributed by atoms with Gasteiger partial charge in [0.1, 0.15) is 5.75 Å². The molecule has 17 heavy (non-hydrogen) atoms. The summed E-state index contributed by atoms with van der Waals surface area (Å²) < 4.78 is 5.16. The number of aliphatic carboxylic acids is 1. The van der Waals surface area contributed by atoms with Crippen molar-refractivity contribution >= 4 is 5.97 Å². The van der Waals surface area contributed by atoms with Gasteiger partial charge in [-0.05, 0) is 43.6 Å². The normalized spacial score (nSPS) is 18.6. The average Bonchev–Trinajstić information content (AvgIpc) is 2.39. The van der Waals surface area contributed by atoms with Gasteiger partial charge in [-0.15, -0.1) is 0 Å². The Bertz CT molecular complexity index is 411. The molecule has 1 heterocycles. The topological polar surface area (TPSA) is 58.6 Å². The van der Waals surface area contributed by atoms with E-state index in [4.69, 9.17) is 4.74 Å². The zero-order valence-electron chi connectivity index (χ0n) is 9.90. The number of ether oxygens (including phenoxy) is 1. The van der Waals surface area contributed by atoms with Crippen LogP contribution in [0, 0.1) is 0 Å². The van der Waals surface area contributed by atoms with Gasteiger partial charge in [-0.3, -0.25) is 4.79 Å². The Hall–Kier alpha value is -1.55. The van der Waals surface area contributed by atoms with Crippen molar-refractivity contribution in [3.05, 3.63) is 29.8 Å². The molecule has 2 rings (SSSR count). The average molecular weight is 235 g/mol. The lowest BCUT2D eigenvalue weighted by Crippen LogP contribution is -2.45. The van der Waals surface area contributed by atoms with Gasteiger partial charge in [0.2, 0.25) is 0 Å². The number of piperidine rings is 1. The highest BCUT2D eigenvalue weighted by Crippen LogP contribution is 2.35. The van der Waals surface area contributed by atoms with Crippen molar-refractivity contribution in [1.29, 1.82) is 0 Å². The van der Waals surface area contributed by atoms with Crippen LogP contribution in [0.25, 0.3) is 0 Å². The molecule has 0 unspecified atom stereocenters. The molecule has 1 aromatic rings. The Morgan fingerprint density at radius 1 is 1.41 bits per heavy atom. The van der Waals surface area contributed by atoms with E-state index in [1.807, 2.05) is 24.3 Å². The minimum absolute atomic E-state index is 0.621. The molecule has 1 fully saturated rings. The lowest BCUT2D eigenvalue weighted by Gasteiger charge is -2.34. The largest absolute Gasteiger partial charge is 0.497 e. The van der Waals surface area contributed by atoms with Crippen molar-refractivity contribution < 1.29 is 14.6 Å². The monoisotopic (exact) mass is 235 g/mol. The van der Waals surface area contributed by atoms with E-state index in [1.54, 1.807) is 7.11 Å². The molecule has 1 saturated heterocycles. The summed E-state index contributed by atoms with van der Waals surface area (Å²) in [6, 6.07) is 7.39. The Morgan fingerprint density at radius 2 is 2.12 bits per heavy atom. The molecule has 1 aliphatic heterocycles. The van der Waals surface area contributed by atoms with Gasteiger partial charge in [0.25, 0.3) is 0 Å². The first-order valence-electron chi connectivity index (χ1n) is 5.78. The van der Waals surface area contributed by atoms with Gasteiger partial charge in [-0.25, -0.2) is 0 Å². The van der Waals surface area contributed by atoms with Gasteiger partial charge in [-0.2, -0.15) is 0 Å². The van der Waals surface area contributed by atoms with Crippen LogP contribution in [-0.4, -0.2) is 31.3 Å². The first kappa shape index (κ1) is 11.9. The van der Waals surface area contributed by atoms with Crippen molar-refractivity contribution in [1.82, 2.24) is 5.32 Å². The van der Waals surface area contributed by atoms with Crippen LogP contribution in [0.2, 0.25) is 0 Å². The lowest BCUT2D eigenvalue weighted by molar-refractivity contribution is -0.145. The third-order valence-corrected chi connectivity index (χ3v) is 3.49. The zero-order valence-corrected chi connectivity index (χ0v) is 9.90. The molecule has 0 saturated carbocycles. The Labute approximate surface area is 101 Å². The van der Waals surface area contributed by atoms with Crippen LogP contribution in [-0.2, 0) is 10.2 Å². The number of carbonyl (C=O) groups is 1. The van der Waals surface area contributed by atoms with Crippen LogP contribution in [0.15, 0.2) is 24.3 Å². The zero-order chi connectivity index (χ0) is 12.3. The number of carboxylic acid groups (broad SMARTS) is 1. The van der Waals surface area contributed by atoms with Crippen LogP contribution >= 0.6 is 0 Å². The number of hydrogen-bond acceptors (Lipinski definition) is 3. The summed E-state index contributed by atoms with van der Waals surface area (Å²) in [6.07, 6.45) is 1.24. The van der Waals surface area contributed by atoms with E-state index < -0.39 is 11.4 Å². The molecule has 0 aromatic heterocycles. The summed E-state index contributed by atoms with van der Waals surface area (Å²) in [5.41, 5.74) is 0.0747. The predicted octanol–water partition coefficient (Wildman–Crippen LogP) is 1.40. The van der Waals surface area contributed by atoms with E-state index in [-0.39, 0.29) is 0 Å². The first-order valence-corrected chi connectivity index (χ1v) is 5.78. The molecule has 1 aliphatic rings. The number of rotatable bonds is 3. The summed E-state index contributed by atoms with van der Waals surface area (Å²) in [4.78, 5) is 11.6. The summed E-state index contributed by atoms with van der Waals surface area (Å²) in [5, 5.41) is 12.7. The molecule has 0 radical (unpaired) electrons. The fourth-order valence-corrected chi connectivity index (χ4v) is 2.40. The molecular weight excluding hydrogens is 218 g/mol. The van der Waals surface area contributed by atoms with E-state index in [0.29, 0.717) is 18.6 Å². The predicted molar refractivity (Wildman–Crippen MR) is 64.4 cm³/mol. The van der Waals surface area contributed by atoms with Crippen molar-refractivity contribution in [3.63, 3.8) is 0 Å². The number of carboxylic acids is 1. The maximum Gasteiger partial charge on any atom is 0.314 e. The van der Waals surface area contributed by atoms with E-state index in [0.717, 1.165) is 18.7 Å². The van der Waals surface area contributed by atoms with Crippen LogP contribution in [0.1, 0.15) is 18.4 Å². The van der Waals surface area contributed by atoms with Gasteiger partial charge in [0.15, 0.2) is 0 Å². The van der Waals surface area contributed by atoms with Crippen molar-refractivity contribution in [2.75, 3.05) is 20.2 Å². The smallest absolute Gasteiger partial charge is 0.314 e. The number of nitrogens with one attached hydrogen (secondary N) is 1. The molecule has 1 aromatic carbocycles. The van der Waals surface area contributed by atoms with Crippen LogP contribution in [0.5, 0.6) is 5.75 Å². The van der Waals surface area contributed by atoms with E-state index in [9.17, 15) is 9.90 Å². The van der Waals surface area contributed by atoms with Gasteiger partial charge < -0.3 is 15.2 Å². The summed E-state index contributed by atoms with van der Waals surface area (Å²) in [5.74, 6) is -0.0334. The van der Waals surface area contributed by atoms with Crippen LogP contribution < -0.4 is 10.1 Å². The van der Waals surface area contributed by atoms with E-state index >= 15 is 0 Å². The van der Waals surface area contributed by atoms with Gasteiger partial charge in [0.05, 0.1) is 12.5 Å². The molecule has 4 heteroatoms. The number of hydrogen-bond donors (Lipinski definition) is 2. The van der Waals surface area contributed by atoms with Crippen LogP contribution in [0.4, 0.5) is 0 Å². The molecule has 4 nitrogen and oxygen atoms in total. The minimum atomic E-state index is -0.764. The second-order valence-electron chi connectivity index (χ2n) is 4.37. The number of benzene rings is 1. The number of methoxy groups -OCH3 is 1. The highest BCUT2D eigenvalue weighted by Gasteiger charge is 2.41. The quantitative estimate of drug-likeness (QED) is 0.831. The third kappa shape index (κ3) is 2.13. The molecule has 0 atom stereocenters. The Kier molecular flexibility index (Phi) is 3.33. The second-order valence-corrected chi connectivity index (χ2v) is 4.37. The molecular formula is C13H17NO3. The van der Waals surface area contributed by atoms with Gasteiger partial charge in [-0.1, -0.05) is 12.1 Å². The van der Waals surface area contributed by atoms with Crippen LogP contribution in [0.3, 0.4) is 0 Å². The third-order valence-electron chi connectivity index (χ3n) is 3.49. The first-order chi connectivity index (χ1) is 8.19. The van der Waals surface area contributed by atoms with E-state index in [2.05, 4.69) is 5.32 Å². The summed E-state index contributed by atoms with van der Waals surface area (Å²) >= 11 is 0. The van der Waals surface area contributed by atoms with Crippen molar-refractivity contribution in [2.45, 2.75) is 18.3 Å². The van der Waals surface area contributed by atoms with Crippen molar-refractivity contribution in [2.24, 2.45) is 0 Å². The highest BCUT2D eigenvalue weighted by atomic mass is 16.5. The standard InChI is InChI=1S/C13H17NO3/c1-17-11-4-2-3-10(9-11)13(12(15)16)5-7-14-8-6-13/h2-4,9,14H,5-8H2,1H3,(H,15,16). The van der Waals surface area contributed by atoms with E-state index in [1.165, 1.54) is 0 Å². The van der Waals surface area contributed by atoms with Gasteiger partial charge in [0, 0.05) is 0 Å². The SMILES string of the molecule is COc1cccc(C2(C(=O)O)CCNCC2)c1. The molecule has 0 bridgehead atoms.